The largest absolute Gasteiger partial charge is 0.355 e. The van der Waals surface area contributed by atoms with Gasteiger partial charge in [-0.15, -0.1) is 0 Å². The van der Waals surface area contributed by atoms with E-state index >= 15 is 0 Å². The molecule has 0 heterocycles. The summed E-state index contributed by atoms with van der Waals surface area (Å²) in [5.41, 5.74) is 1.48. The summed E-state index contributed by atoms with van der Waals surface area (Å²) < 4.78 is 12.8. The Kier molecular flexibility index (Phi) is 3.68. The van der Waals surface area contributed by atoms with E-state index in [0.717, 1.165) is 5.70 Å². The molecule has 1 aromatic carbocycles. The number of benzene rings is 1. The van der Waals surface area contributed by atoms with Gasteiger partial charge < -0.3 is 5.32 Å². The number of rotatable bonds is 4. The molecule has 0 unspecified atom stereocenters. The average Bonchev–Trinajstić information content (AvgIpc) is 2.17. The van der Waals surface area contributed by atoms with Crippen molar-refractivity contribution in [3.8, 4) is 0 Å². The highest BCUT2D eigenvalue weighted by molar-refractivity contribution is 5.51. The van der Waals surface area contributed by atoms with Gasteiger partial charge in [0.1, 0.15) is 5.82 Å². The number of nitrogens with one attached hydrogen (secondary N) is 1. The Morgan fingerprint density at radius 1 is 1.36 bits per heavy atom. The van der Waals surface area contributed by atoms with E-state index in [4.69, 9.17) is 0 Å². The van der Waals surface area contributed by atoms with Gasteiger partial charge in [0.25, 0.3) is 0 Å². The molecule has 0 amide bonds. The molecule has 2 heteroatoms. The highest BCUT2D eigenvalue weighted by atomic mass is 19.1. The second-order valence-electron chi connectivity index (χ2n) is 2.70. The molecule has 0 bridgehead atoms. The molecule has 0 saturated heterocycles. The lowest BCUT2D eigenvalue weighted by Gasteiger charge is -2.05. The van der Waals surface area contributed by atoms with Crippen molar-refractivity contribution in [3.63, 3.8) is 0 Å². The van der Waals surface area contributed by atoms with Crippen LogP contribution >= 0.6 is 0 Å². The summed E-state index contributed by atoms with van der Waals surface area (Å²) in [7, 11) is 0. The third kappa shape index (κ3) is 2.90. The summed E-state index contributed by atoms with van der Waals surface area (Å²) in [4.78, 5) is 0. The number of allylic oxidation sites excluding steroid dienone is 3. The van der Waals surface area contributed by atoms with Gasteiger partial charge in [-0.05, 0) is 30.4 Å². The van der Waals surface area contributed by atoms with Crippen molar-refractivity contribution in [2.24, 2.45) is 0 Å². The molecule has 0 aliphatic carbocycles. The molecule has 0 aliphatic rings. The fourth-order valence-corrected chi connectivity index (χ4v) is 1.02. The van der Waals surface area contributed by atoms with Crippen LogP contribution in [0.2, 0.25) is 0 Å². The van der Waals surface area contributed by atoms with Crippen molar-refractivity contribution >= 4 is 5.69 Å². The lowest BCUT2D eigenvalue weighted by atomic mass is 10.3. The van der Waals surface area contributed by atoms with Gasteiger partial charge in [0.2, 0.25) is 0 Å². The zero-order valence-corrected chi connectivity index (χ0v) is 7.83. The maximum atomic E-state index is 12.8. The zero-order chi connectivity index (χ0) is 10.4. The van der Waals surface area contributed by atoms with Crippen molar-refractivity contribution in [2.75, 3.05) is 5.32 Å². The van der Waals surface area contributed by atoms with Crippen LogP contribution in [0.4, 0.5) is 10.1 Å². The fraction of sp³-hybridized carbons (Fsp3) is 0. The topological polar surface area (TPSA) is 12.0 Å². The molecule has 1 nitrogen and oxygen atoms in total. The van der Waals surface area contributed by atoms with Crippen LogP contribution in [0.1, 0.15) is 0 Å². The van der Waals surface area contributed by atoms with E-state index in [1.54, 1.807) is 30.4 Å². The molecule has 0 spiro atoms. The minimum atomic E-state index is -0.267. The van der Waals surface area contributed by atoms with Gasteiger partial charge in [0.15, 0.2) is 0 Å². The predicted molar refractivity (Wildman–Crippen MR) is 58.5 cm³/mol. The minimum absolute atomic E-state index is 0.267. The van der Waals surface area contributed by atoms with Crippen molar-refractivity contribution < 1.29 is 4.39 Å². The first-order chi connectivity index (χ1) is 6.76. The molecule has 1 N–H and O–H groups in total. The second kappa shape index (κ2) is 5.02. The van der Waals surface area contributed by atoms with Crippen molar-refractivity contribution in [1.29, 1.82) is 0 Å². The third-order valence-electron chi connectivity index (χ3n) is 1.63. The lowest BCUT2D eigenvalue weighted by Crippen LogP contribution is -1.96. The molecular formula is C12H12FN. The van der Waals surface area contributed by atoms with Crippen LogP contribution in [0.15, 0.2) is 61.3 Å². The first-order valence-corrected chi connectivity index (χ1v) is 4.24. The molecule has 1 aromatic rings. The van der Waals surface area contributed by atoms with E-state index < -0.39 is 0 Å². The molecule has 0 atom stereocenters. The highest BCUT2D eigenvalue weighted by Gasteiger charge is 1.94. The second-order valence-corrected chi connectivity index (χ2v) is 2.70. The molecule has 0 fully saturated rings. The van der Waals surface area contributed by atoms with Crippen LogP contribution in [0.25, 0.3) is 0 Å². The predicted octanol–water partition coefficient (Wildman–Crippen LogP) is 3.49. The summed E-state index contributed by atoms with van der Waals surface area (Å²) in [5.74, 6) is -0.267. The normalized spacial score (nSPS) is 10.8. The summed E-state index contributed by atoms with van der Waals surface area (Å²) >= 11 is 0. The van der Waals surface area contributed by atoms with Crippen LogP contribution < -0.4 is 5.32 Å². The number of anilines is 1. The van der Waals surface area contributed by atoms with E-state index in [2.05, 4.69) is 18.5 Å². The van der Waals surface area contributed by atoms with Gasteiger partial charge in [0, 0.05) is 11.4 Å². The highest BCUT2D eigenvalue weighted by Crippen LogP contribution is 2.12. The molecule has 0 aliphatic heterocycles. The third-order valence-corrected chi connectivity index (χ3v) is 1.63. The monoisotopic (exact) mass is 189 g/mol. The maximum Gasteiger partial charge on any atom is 0.125 e. The first kappa shape index (κ1) is 10.3. The molecule has 0 radical (unpaired) electrons. The Bertz CT molecular complexity index is 366. The summed E-state index contributed by atoms with van der Waals surface area (Å²) in [5, 5.41) is 3.00. The van der Waals surface area contributed by atoms with Gasteiger partial charge in [-0.25, -0.2) is 4.39 Å². The molecule has 72 valence electrons. The molecule has 14 heavy (non-hydrogen) atoms. The van der Waals surface area contributed by atoms with E-state index in [-0.39, 0.29) is 5.82 Å². The summed E-state index contributed by atoms with van der Waals surface area (Å²) in [6, 6.07) is 6.24. The van der Waals surface area contributed by atoms with Crippen LogP contribution in [0.5, 0.6) is 0 Å². The van der Waals surface area contributed by atoms with Crippen LogP contribution in [0, 0.1) is 5.82 Å². The Hall–Kier alpha value is -1.83. The van der Waals surface area contributed by atoms with Gasteiger partial charge in [0.05, 0.1) is 0 Å². The Morgan fingerprint density at radius 2 is 2.14 bits per heavy atom. The number of hydrogen-bond acceptors (Lipinski definition) is 1. The SMILES string of the molecule is C=C/C=C(/C=C)Nc1cccc(F)c1. The van der Waals surface area contributed by atoms with Crippen LogP contribution in [-0.4, -0.2) is 0 Å². The van der Waals surface area contributed by atoms with Crippen molar-refractivity contribution in [2.45, 2.75) is 0 Å². The van der Waals surface area contributed by atoms with Crippen LogP contribution in [-0.2, 0) is 0 Å². The standard InChI is InChI=1S/C12H12FN/c1-3-6-11(4-2)14-12-8-5-7-10(13)9-12/h3-9,14H,1-2H2/b11-6-. The Morgan fingerprint density at radius 3 is 2.71 bits per heavy atom. The Balaban J connectivity index is 2.82. The molecule has 1 rings (SSSR count). The number of hydrogen-bond donors (Lipinski definition) is 1. The summed E-state index contributed by atoms with van der Waals surface area (Å²) in [6.45, 7) is 7.20. The van der Waals surface area contributed by atoms with Crippen molar-refractivity contribution in [1.82, 2.24) is 0 Å². The average molecular weight is 189 g/mol. The molecular weight excluding hydrogens is 177 g/mol. The van der Waals surface area contributed by atoms with Gasteiger partial charge in [-0.2, -0.15) is 0 Å². The van der Waals surface area contributed by atoms with Gasteiger partial charge in [-0.1, -0.05) is 25.3 Å². The fourth-order valence-electron chi connectivity index (χ4n) is 1.02. The molecule has 0 saturated carbocycles. The lowest BCUT2D eigenvalue weighted by molar-refractivity contribution is 0.628. The Labute approximate surface area is 83.3 Å². The van der Waals surface area contributed by atoms with Crippen LogP contribution in [0.3, 0.4) is 0 Å². The smallest absolute Gasteiger partial charge is 0.125 e. The van der Waals surface area contributed by atoms with Gasteiger partial charge >= 0.3 is 0 Å². The summed E-state index contributed by atoms with van der Waals surface area (Å²) in [6.07, 6.45) is 5.05. The maximum absolute atomic E-state index is 12.8. The minimum Gasteiger partial charge on any atom is -0.355 e. The van der Waals surface area contributed by atoms with E-state index in [0.29, 0.717) is 5.69 Å². The van der Waals surface area contributed by atoms with E-state index in [1.807, 2.05) is 0 Å². The van der Waals surface area contributed by atoms with Crippen molar-refractivity contribution in [3.05, 3.63) is 67.2 Å². The molecule has 0 aromatic heterocycles. The van der Waals surface area contributed by atoms with Gasteiger partial charge in [-0.3, -0.25) is 0 Å². The first-order valence-electron chi connectivity index (χ1n) is 4.24. The quantitative estimate of drug-likeness (QED) is 0.715. The zero-order valence-electron chi connectivity index (χ0n) is 7.83. The van der Waals surface area contributed by atoms with E-state index in [1.165, 1.54) is 12.1 Å². The number of halogens is 1. The van der Waals surface area contributed by atoms with E-state index in [9.17, 15) is 4.39 Å².